The molecular formula is C23H26ClNO5S. The van der Waals surface area contributed by atoms with E-state index in [0.29, 0.717) is 16.9 Å². The summed E-state index contributed by atoms with van der Waals surface area (Å²) in [7, 11) is -3.96. The molecule has 8 heteroatoms. The number of hydrogen-bond acceptors (Lipinski definition) is 5. The van der Waals surface area contributed by atoms with Gasteiger partial charge in [-0.25, -0.2) is 13.2 Å². The number of halogens is 1. The average molecular weight is 464 g/mol. The molecule has 1 amide bonds. The molecule has 0 aliphatic heterocycles. The number of carbonyl (C=O) groups is 2. The highest BCUT2D eigenvalue weighted by molar-refractivity contribution is 7.92. The molecule has 3 atom stereocenters. The van der Waals surface area contributed by atoms with Crippen LogP contribution in [0.2, 0.25) is 5.02 Å². The highest BCUT2D eigenvalue weighted by Gasteiger charge is 2.73. The second-order valence-corrected chi connectivity index (χ2v) is 11.2. The van der Waals surface area contributed by atoms with Crippen molar-refractivity contribution in [1.29, 1.82) is 0 Å². The van der Waals surface area contributed by atoms with Crippen molar-refractivity contribution in [2.24, 2.45) is 0 Å². The molecular weight excluding hydrogens is 438 g/mol. The van der Waals surface area contributed by atoms with Gasteiger partial charge in [0.05, 0.1) is 4.90 Å². The Hall–Kier alpha value is -2.38. The van der Waals surface area contributed by atoms with Crippen molar-refractivity contribution in [3.05, 3.63) is 64.7 Å². The number of ether oxygens (including phenoxy) is 1. The Kier molecular flexibility index (Phi) is 6.22. The largest absolute Gasteiger partial charge is 0.444 e. The minimum atomic E-state index is -3.96. The number of benzene rings is 2. The van der Waals surface area contributed by atoms with Gasteiger partial charge in [-0.1, -0.05) is 42.8 Å². The summed E-state index contributed by atoms with van der Waals surface area (Å²) in [5, 5.41) is 1.78. The number of aryl methyl sites for hydroxylation is 1. The van der Waals surface area contributed by atoms with Crippen molar-refractivity contribution in [2.75, 3.05) is 0 Å². The van der Waals surface area contributed by atoms with Gasteiger partial charge < -0.3 is 14.8 Å². The fourth-order valence-electron chi connectivity index (χ4n) is 3.79. The molecule has 2 aromatic rings. The Morgan fingerprint density at radius 3 is 2.19 bits per heavy atom. The highest BCUT2D eigenvalue weighted by atomic mass is 35.5. The van der Waals surface area contributed by atoms with Gasteiger partial charge in [0, 0.05) is 10.9 Å². The van der Waals surface area contributed by atoms with Crippen molar-refractivity contribution in [3.63, 3.8) is 0 Å². The van der Waals surface area contributed by atoms with Crippen molar-refractivity contribution >= 4 is 33.8 Å². The van der Waals surface area contributed by atoms with E-state index in [4.69, 9.17) is 16.3 Å². The summed E-state index contributed by atoms with van der Waals surface area (Å²) in [5.74, 6) is -0.746. The minimum Gasteiger partial charge on any atom is -0.444 e. The van der Waals surface area contributed by atoms with Crippen molar-refractivity contribution < 1.29 is 22.7 Å². The van der Waals surface area contributed by atoms with Crippen LogP contribution in [0.4, 0.5) is 4.79 Å². The molecule has 31 heavy (non-hydrogen) atoms. The van der Waals surface area contributed by atoms with Crippen LogP contribution in [0.25, 0.3) is 0 Å². The molecule has 1 saturated carbocycles. The molecule has 0 heterocycles. The van der Waals surface area contributed by atoms with Gasteiger partial charge >= 0.3 is 6.09 Å². The van der Waals surface area contributed by atoms with Crippen LogP contribution in [-0.2, 0) is 25.8 Å². The standard InChI is InChI=1S/C23H26ClNO5S/c1-5-15-6-8-16(9-7-15)19-20(31(28,29)18-12-10-17(24)11-13-18)23(19,14-26)25-21(27)30-22(2,3)4/h6-14,19-20H,5H2,1-4H3,(H,25,27)/t19-,20-,23+/m1/s1. The van der Waals surface area contributed by atoms with E-state index in [0.717, 1.165) is 12.0 Å². The number of amides is 1. The van der Waals surface area contributed by atoms with Crippen LogP contribution < -0.4 is 5.32 Å². The number of rotatable bonds is 6. The van der Waals surface area contributed by atoms with E-state index in [-0.39, 0.29) is 4.90 Å². The van der Waals surface area contributed by atoms with Gasteiger partial charge in [-0.2, -0.15) is 0 Å². The fourth-order valence-corrected chi connectivity index (χ4v) is 6.16. The molecule has 1 aliphatic carbocycles. The number of alkyl carbamates (subject to hydrolysis) is 1. The zero-order valence-electron chi connectivity index (χ0n) is 17.9. The van der Waals surface area contributed by atoms with Gasteiger partial charge in [0.1, 0.15) is 22.7 Å². The first-order valence-corrected chi connectivity index (χ1v) is 11.9. The smallest absolute Gasteiger partial charge is 0.408 e. The summed E-state index contributed by atoms with van der Waals surface area (Å²) in [6.45, 7) is 7.08. The van der Waals surface area contributed by atoms with Gasteiger partial charge in [0.15, 0.2) is 9.84 Å². The van der Waals surface area contributed by atoms with Crippen LogP contribution in [0.1, 0.15) is 44.7 Å². The quantitative estimate of drug-likeness (QED) is 0.645. The first-order valence-electron chi connectivity index (χ1n) is 10.0. The summed E-state index contributed by atoms with van der Waals surface area (Å²) >= 11 is 5.90. The lowest BCUT2D eigenvalue weighted by Gasteiger charge is -2.22. The normalized spacial score (nSPS) is 23.1. The third-order valence-electron chi connectivity index (χ3n) is 5.32. The molecule has 166 valence electrons. The monoisotopic (exact) mass is 463 g/mol. The van der Waals surface area contributed by atoms with Gasteiger partial charge in [0.2, 0.25) is 0 Å². The second kappa shape index (κ2) is 8.28. The lowest BCUT2D eigenvalue weighted by Crippen LogP contribution is -2.45. The number of sulfone groups is 1. The molecule has 0 spiro atoms. The van der Waals surface area contributed by atoms with Crippen molar-refractivity contribution in [1.82, 2.24) is 5.32 Å². The lowest BCUT2D eigenvalue weighted by atomic mass is 10.0. The van der Waals surface area contributed by atoms with Crippen molar-refractivity contribution in [3.8, 4) is 0 Å². The highest BCUT2D eigenvalue weighted by Crippen LogP contribution is 2.56. The summed E-state index contributed by atoms with van der Waals surface area (Å²) in [4.78, 5) is 24.8. The van der Waals surface area contributed by atoms with E-state index in [9.17, 15) is 18.0 Å². The first kappa shape index (κ1) is 23.3. The first-order chi connectivity index (χ1) is 14.4. The van der Waals surface area contributed by atoms with E-state index >= 15 is 0 Å². The number of carbonyl (C=O) groups excluding carboxylic acids is 2. The Bertz CT molecular complexity index is 1070. The maximum atomic E-state index is 13.5. The molecule has 1 aliphatic rings. The summed E-state index contributed by atoms with van der Waals surface area (Å²) in [6.07, 6.45) is 0.489. The Labute approximate surface area is 187 Å². The van der Waals surface area contributed by atoms with Gasteiger partial charge in [0.25, 0.3) is 0 Å². The maximum Gasteiger partial charge on any atom is 0.408 e. The molecule has 3 rings (SSSR count). The third kappa shape index (κ3) is 4.62. The van der Waals surface area contributed by atoms with Crippen LogP contribution in [0.3, 0.4) is 0 Å². The molecule has 2 aromatic carbocycles. The van der Waals surface area contributed by atoms with Gasteiger partial charge in [-0.15, -0.1) is 0 Å². The second-order valence-electron chi connectivity index (χ2n) is 8.67. The maximum absolute atomic E-state index is 13.5. The zero-order valence-corrected chi connectivity index (χ0v) is 19.5. The van der Waals surface area contributed by atoms with Crippen LogP contribution >= 0.6 is 11.6 Å². The van der Waals surface area contributed by atoms with Gasteiger partial charge in [-0.3, -0.25) is 0 Å². The Morgan fingerprint density at radius 1 is 1.13 bits per heavy atom. The molecule has 0 bridgehead atoms. The fraction of sp³-hybridized carbons (Fsp3) is 0.391. The Balaban J connectivity index is 2.04. The number of nitrogens with one attached hydrogen (secondary N) is 1. The predicted molar refractivity (Wildman–Crippen MR) is 119 cm³/mol. The third-order valence-corrected chi connectivity index (χ3v) is 7.83. The van der Waals surface area contributed by atoms with E-state index < -0.39 is 38.2 Å². The number of hydrogen-bond donors (Lipinski definition) is 1. The summed E-state index contributed by atoms with van der Waals surface area (Å²) < 4.78 is 32.2. The van der Waals surface area contributed by atoms with Crippen LogP contribution in [0, 0.1) is 0 Å². The lowest BCUT2D eigenvalue weighted by molar-refractivity contribution is -0.110. The van der Waals surface area contributed by atoms with E-state index in [2.05, 4.69) is 5.32 Å². The van der Waals surface area contributed by atoms with Crippen LogP contribution in [0.15, 0.2) is 53.4 Å². The minimum absolute atomic E-state index is 0.0341. The Morgan fingerprint density at radius 2 is 1.71 bits per heavy atom. The van der Waals surface area contributed by atoms with E-state index in [1.807, 2.05) is 19.1 Å². The van der Waals surface area contributed by atoms with Crippen LogP contribution in [-0.4, -0.2) is 37.2 Å². The number of aldehydes is 1. The SMILES string of the molecule is CCc1ccc([C@@H]2[C@@H](S(=O)(=O)c3ccc(Cl)cc3)[C@@]2(C=O)NC(=O)OC(C)(C)C)cc1. The summed E-state index contributed by atoms with van der Waals surface area (Å²) in [6, 6.07) is 13.1. The molecule has 6 nitrogen and oxygen atoms in total. The molecule has 0 saturated heterocycles. The average Bonchev–Trinajstić information content (AvgIpc) is 3.36. The molecule has 0 aromatic heterocycles. The predicted octanol–water partition coefficient (Wildman–Crippen LogP) is 4.30. The topological polar surface area (TPSA) is 89.5 Å². The summed E-state index contributed by atoms with van der Waals surface area (Å²) in [5.41, 5.74) is -0.693. The molecule has 0 radical (unpaired) electrons. The van der Waals surface area contributed by atoms with Crippen LogP contribution in [0.5, 0.6) is 0 Å². The molecule has 0 unspecified atom stereocenters. The van der Waals surface area contributed by atoms with E-state index in [1.165, 1.54) is 24.3 Å². The zero-order chi connectivity index (χ0) is 23.0. The van der Waals surface area contributed by atoms with Crippen molar-refractivity contribution in [2.45, 2.75) is 61.3 Å². The molecule has 1 fully saturated rings. The molecule has 1 N–H and O–H groups in total. The van der Waals surface area contributed by atoms with Gasteiger partial charge in [-0.05, 0) is 62.6 Å². The van der Waals surface area contributed by atoms with E-state index in [1.54, 1.807) is 32.9 Å².